The smallest absolute Gasteiger partial charge is 0.194 e. The number of hydrogen-bond donors (Lipinski definition) is 1. The van der Waals surface area contributed by atoms with Gasteiger partial charge in [0.1, 0.15) is 5.76 Å². The number of furan rings is 1. The standard InChI is InChI=1S/C22H40N4O3.HI/c1-25(16-19-28-3)13-4-6-20-9-14-26(15-10-20)22(24-12-18-27-2)23-11-8-21-7-5-17-29-21;/h5,7,17,20H,4,6,8-16,18-19H2,1-3H3,(H,23,24);1H. The second kappa shape index (κ2) is 16.8. The molecule has 1 fully saturated rings. The Labute approximate surface area is 199 Å². The maximum absolute atomic E-state index is 5.43. The van der Waals surface area contributed by atoms with Gasteiger partial charge >= 0.3 is 0 Å². The number of rotatable bonds is 13. The molecule has 1 aliphatic rings. The van der Waals surface area contributed by atoms with Crippen LogP contribution in [-0.4, -0.2) is 89.5 Å². The molecule has 1 N–H and O–H groups in total. The Morgan fingerprint density at radius 1 is 1.23 bits per heavy atom. The van der Waals surface area contributed by atoms with Gasteiger partial charge in [-0.2, -0.15) is 0 Å². The lowest BCUT2D eigenvalue weighted by atomic mass is 9.92. The Hall–Kier alpha value is -0.840. The Morgan fingerprint density at radius 3 is 2.67 bits per heavy atom. The normalized spacial score (nSPS) is 15.5. The molecule has 7 nitrogen and oxygen atoms in total. The van der Waals surface area contributed by atoms with E-state index in [0.717, 1.165) is 63.4 Å². The van der Waals surface area contributed by atoms with Crippen molar-refractivity contribution in [2.24, 2.45) is 10.9 Å². The highest BCUT2D eigenvalue weighted by molar-refractivity contribution is 14.0. The van der Waals surface area contributed by atoms with E-state index in [2.05, 4.69) is 22.2 Å². The number of likely N-dealkylation sites (N-methyl/N-ethyl adjacent to an activating group) is 1. The monoisotopic (exact) mass is 536 g/mol. The zero-order chi connectivity index (χ0) is 20.7. The quantitative estimate of drug-likeness (QED) is 0.181. The zero-order valence-electron chi connectivity index (χ0n) is 19.0. The molecule has 1 aromatic heterocycles. The third-order valence-electron chi connectivity index (χ3n) is 5.54. The van der Waals surface area contributed by atoms with Gasteiger partial charge in [-0.3, -0.25) is 4.99 Å². The number of nitrogens with zero attached hydrogens (tertiary/aromatic N) is 3. The van der Waals surface area contributed by atoms with Gasteiger partial charge in [-0.15, -0.1) is 24.0 Å². The lowest BCUT2D eigenvalue weighted by Crippen LogP contribution is -2.46. The second-order valence-electron chi connectivity index (χ2n) is 7.82. The van der Waals surface area contributed by atoms with Gasteiger partial charge < -0.3 is 29.0 Å². The highest BCUT2D eigenvalue weighted by Gasteiger charge is 2.21. The van der Waals surface area contributed by atoms with Crippen LogP contribution in [0.4, 0.5) is 0 Å². The van der Waals surface area contributed by atoms with Crippen LogP contribution in [0.1, 0.15) is 31.4 Å². The summed E-state index contributed by atoms with van der Waals surface area (Å²) in [5.74, 6) is 2.83. The van der Waals surface area contributed by atoms with E-state index in [9.17, 15) is 0 Å². The average molecular weight is 536 g/mol. The van der Waals surface area contributed by atoms with Gasteiger partial charge in [-0.1, -0.05) is 0 Å². The van der Waals surface area contributed by atoms with E-state index in [0.29, 0.717) is 13.2 Å². The number of likely N-dealkylation sites (tertiary alicyclic amines) is 1. The van der Waals surface area contributed by atoms with Gasteiger partial charge in [0.15, 0.2) is 5.96 Å². The van der Waals surface area contributed by atoms with E-state index in [1.54, 1.807) is 20.5 Å². The summed E-state index contributed by atoms with van der Waals surface area (Å²) in [5.41, 5.74) is 0. The molecular weight excluding hydrogens is 495 g/mol. The molecule has 0 spiro atoms. The van der Waals surface area contributed by atoms with Crippen molar-refractivity contribution in [2.75, 3.05) is 73.7 Å². The Balaban J connectivity index is 0.00000450. The summed E-state index contributed by atoms with van der Waals surface area (Å²) in [4.78, 5) is 9.52. The van der Waals surface area contributed by atoms with Crippen molar-refractivity contribution >= 4 is 29.9 Å². The first-order valence-corrected chi connectivity index (χ1v) is 10.9. The summed E-state index contributed by atoms with van der Waals surface area (Å²) in [6, 6.07) is 3.95. The van der Waals surface area contributed by atoms with Crippen molar-refractivity contribution < 1.29 is 13.9 Å². The highest BCUT2D eigenvalue weighted by atomic mass is 127. The van der Waals surface area contributed by atoms with Crippen LogP contribution in [0.5, 0.6) is 0 Å². The summed E-state index contributed by atoms with van der Waals surface area (Å²) in [6.45, 7) is 7.29. The van der Waals surface area contributed by atoms with Crippen LogP contribution >= 0.6 is 24.0 Å². The van der Waals surface area contributed by atoms with Crippen molar-refractivity contribution in [2.45, 2.75) is 32.1 Å². The first kappa shape index (κ1) is 27.2. The molecule has 1 saturated heterocycles. The van der Waals surface area contributed by atoms with Crippen LogP contribution in [0, 0.1) is 5.92 Å². The summed E-state index contributed by atoms with van der Waals surface area (Å²) in [6.07, 6.45) is 7.65. The predicted octanol–water partition coefficient (Wildman–Crippen LogP) is 3.10. The van der Waals surface area contributed by atoms with E-state index < -0.39 is 0 Å². The third-order valence-corrected chi connectivity index (χ3v) is 5.54. The van der Waals surface area contributed by atoms with Crippen molar-refractivity contribution in [3.8, 4) is 0 Å². The van der Waals surface area contributed by atoms with E-state index in [1.807, 2.05) is 12.1 Å². The molecule has 2 rings (SSSR count). The first-order valence-electron chi connectivity index (χ1n) is 10.9. The van der Waals surface area contributed by atoms with Crippen molar-refractivity contribution in [1.29, 1.82) is 0 Å². The summed E-state index contributed by atoms with van der Waals surface area (Å²) in [7, 11) is 5.66. The van der Waals surface area contributed by atoms with Gasteiger partial charge in [0.2, 0.25) is 0 Å². The van der Waals surface area contributed by atoms with E-state index in [1.165, 1.54) is 25.7 Å². The molecule has 0 atom stereocenters. The van der Waals surface area contributed by atoms with Crippen LogP contribution in [0.15, 0.2) is 27.8 Å². The molecule has 0 amide bonds. The van der Waals surface area contributed by atoms with Crippen LogP contribution < -0.4 is 5.32 Å². The zero-order valence-corrected chi connectivity index (χ0v) is 21.3. The summed E-state index contributed by atoms with van der Waals surface area (Å²) < 4.78 is 15.7. The van der Waals surface area contributed by atoms with Crippen molar-refractivity contribution in [3.05, 3.63) is 24.2 Å². The molecule has 30 heavy (non-hydrogen) atoms. The Kier molecular flexibility index (Phi) is 15.2. The van der Waals surface area contributed by atoms with Gasteiger partial charge in [0, 0.05) is 46.8 Å². The molecule has 1 aliphatic heterocycles. The number of ether oxygens (including phenoxy) is 2. The largest absolute Gasteiger partial charge is 0.469 e. The molecular formula is C22H41IN4O3. The molecule has 0 saturated carbocycles. The minimum Gasteiger partial charge on any atom is -0.469 e. The number of nitrogens with one attached hydrogen (secondary N) is 1. The van der Waals surface area contributed by atoms with E-state index in [4.69, 9.17) is 18.9 Å². The number of aliphatic imine (C=N–C) groups is 1. The average Bonchev–Trinajstić information content (AvgIpc) is 3.25. The topological polar surface area (TPSA) is 62.5 Å². The second-order valence-corrected chi connectivity index (χ2v) is 7.82. The van der Waals surface area contributed by atoms with Gasteiger partial charge in [-0.05, 0) is 57.3 Å². The molecule has 0 unspecified atom stereocenters. The predicted molar refractivity (Wildman–Crippen MR) is 133 cm³/mol. The van der Waals surface area contributed by atoms with Crippen LogP contribution in [0.25, 0.3) is 0 Å². The fraction of sp³-hybridized carbons (Fsp3) is 0.773. The van der Waals surface area contributed by atoms with Crippen LogP contribution in [-0.2, 0) is 15.9 Å². The third kappa shape index (κ3) is 11.0. The Morgan fingerprint density at radius 2 is 2.00 bits per heavy atom. The van der Waals surface area contributed by atoms with Gasteiger partial charge in [-0.25, -0.2) is 0 Å². The Bertz CT molecular complexity index is 549. The minimum absolute atomic E-state index is 0. The summed E-state index contributed by atoms with van der Waals surface area (Å²) >= 11 is 0. The van der Waals surface area contributed by atoms with Crippen molar-refractivity contribution in [1.82, 2.24) is 15.1 Å². The maximum Gasteiger partial charge on any atom is 0.194 e. The highest BCUT2D eigenvalue weighted by Crippen LogP contribution is 2.22. The van der Waals surface area contributed by atoms with Crippen LogP contribution in [0.3, 0.4) is 0 Å². The molecule has 0 aromatic carbocycles. The fourth-order valence-corrected chi connectivity index (χ4v) is 3.71. The van der Waals surface area contributed by atoms with Crippen LogP contribution in [0.2, 0.25) is 0 Å². The van der Waals surface area contributed by atoms with E-state index in [-0.39, 0.29) is 24.0 Å². The molecule has 0 radical (unpaired) electrons. The molecule has 1 aromatic rings. The lowest BCUT2D eigenvalue weighted by molar-refractivity contribution is 0.158. The molecule has 2 heterocycles. The number of hydrogen-bond acceptors (Lipinski definition) is 5. The number of piperidine rings is 1. The van der Waals surface area contributed by atoms with Crippen molar-refractivity contribution in [3.63, 3.8) is 0 Å². The number of guanidine groups is 1. The maximum atomic E-state index is 5.43. The van der Waals surface area contributed by atoms with Gasteiger partial charge in [0.25, 0.3) is 0 Å². The number of methoxy groups -OCH3 is 2. The molecule has 0 aliphatic carbocycles. The molecule has 174 valence electrons. The fourth-order valence-electron chi connectivity index (χ4n) is 3.71. The van der Waals surface area contributed by atoms with Gasteiger partial charge in [0.05, 0.1) is 26.0 Å². The minimum atomic E-state index is 0. The lowest BCUT2D eigenvalue weighted by Gasteiger charge is -2.34. The first-order chi connectivity index (χ1) is 14.2. The van der Waals surface area contributed by atoms with E-state index >= 15 is 0 Å². The SMILES string of the molecule is COCCN=C(NCCc1ccco1)N1CCC(CCCN(C)CCOC)CC1.I. The number of halogens is 1. The summed E-state index contributed by atoms with van der Waals surface area (Å²) in [5, 5.41) is 3.52. The molecule has 8 heteroatoms. The molecule has 0 bridgehead atoms.